The second kappa shape index (κ2) is 6.78. The fraction of sp³-hybridized carbons (Fsp3) is 0.400. The normalized spacial score (nSPS) is 24.6. The van der Waals surface area contributed by atoms with Gasteiger partial charge in [-0.05, 0) is 23.8 Å². The number of rotatable bonds is 5. The Morgan fingerprint density at radius 3 is 2.95 bits per heavy atom. The Labute approximate surface area is 127 Å². The molecule has 120 valence electrons. The Balaban J connectivity index is 1.91. The molecule has 1 saturated heterocycles. The number of carbonyl (C=O) groups excluding carboxylic acids is 1. The first-order chi connectivity index (χ1) is 10.4. The number of phenols is 1. The number of aliphatic hydroxyl groups excluding tert-OH is 1. The Bertz CT molecular complexity index is 569. The summed E-state index contributed by atoms with van der Waals surface area (Å²) in [4.78, 5) is 11.6. The summed E-state index contributed by atoms with van der Waals surface area (Å²) in [6.45, 7) is -0.423. The Morgan fingerprint density at radius 2 is 2.32 bits per heavy atom. The first kappa shape index (κ1) is 16.3. The van der Waals surface area contributed by atoms with Gasteiger partial charge in [0.2, 0.25) is 0 Å². The molecule has 0 amide bonds. The van der Waals surface area contributed by atoms with Gasteiger partial charge in [0.15, 0.2) is 11.5 Å². The maximum atomic E-state index is 11.6. The Kier molecular flexibility index (Phi) is 5.02. The molecule has 2 atom stereocenters. The molecule has 7 nitrogen and oxygen atoms in total. The van der Waals surface area contributed by atoms with Crippen molar-refractivity contribution in [3.63, 3.8) is 0 Å². The van der Waals surface area contributed by atoms with Crippen molar-refractivity contribution in [2.24, 2.45) is 0 Å². The highest BCUT2D eigenvalue weighted by molar-refractivity contribution is 5.87. The number of aromatic hydroxyl groups is 1. The van der Waals surface area contributed by atoms with E-state index in [0.29, 0.717) is 5.56 Å². The van der Waals surface area contributed by atoms with Crippen molar-refractivity contribution in [3.8, 4) is 11.5 Å². The molecule has 0 aliphatic carbocycles. The van der Waals surface area contributed by atoms with Crippen molar-refractivity contribution in [2.45, 2.75) is 11.7 Å². The Morgan fingerprint density at radius 1 is 1.55 bits per heavy atom. The lowest BCUT2D eigenvalue weighted by Crippen LogP contribution is -2.46. The molecular formula is C15H18O7. The number of hydrogen-bond donors (Lipinski definition) is 3. The van der Waals surface area contributed by atoms with Crippen LogP contribution in [-0.2, 0) is 14.3 Å². The number of carbonyl (C=O) groups is 1. The lowest BCUT2D eigenvalue weighted by Gasteiger charge is -2.23. The summed E-state index contributed by atoms with van der Waals surface area (Å²) in [7, 11) is 1.42. The number of ether oxygens (including phenoxy) is 3. The third kappa shape index (κ3) is 3.76. The van der Waals surface area contributed by atoms with Gasteiger partial charge in [0.1, 0.15) is 18.3 Å². The van der Waals surface area contributed by atoms with E-state index < -0.39 is 17.7 Å². The largest absolute Gasteiger partial charge is 0.504 e. The van der Waals surface area contributed by atoms with Crippen molar-refractivity contribution < 1.29 is 34.3 Å². The summed E-state index contributed by atoms with van der Waals surface area (Å²) < 4.78 is 14.8. The van der Waals surface area contributed by atoms with Crippen molar-refractivity contribution >= 4 is 12.0 Å². The van der Waals surface area contributed by atoms with Gasteiger partial charge < -0.3 is 29.5 Å². The maximum absolute atomic E-state index is 11.6. The summed E-state index contributed by atoms with van der Waals surface area (Å²) in [5.41, 5.74) is -0.930. The zero-order valence-electron chi connectivity index (χ0n) is 12.1. The van der Waals surface area contributed by atoms with E-state index in [1.807, 2.05) is 0 Å². The minimum absolute atomic E-state index is 0.000306. The second-order valence-electron chi connectivity index (χ2n) is 5.01. The molecule has 1 aromatic carbocycles. The first-order valence-electron chi connectivity index (χ1n) is 6.64. The molecule has 1 fully saturated rings. The van der Waals surface area contributed by atoms with E-state index >= 15 is 0 Å². The van der Waals surface area contributed by atoms with E-state index in [9.17, 15) is 20.1 Å². The van der Waals surface area contributed by atoms with Crippen LogP contribution in [0, 0.1) is 0 Å². The van der Waals surface area contributed by atoms with Crippen LogP contribution in [0.5, 0.6) is 11.5 Å². The van der Waals surface area contributed by atoms with Crippen molar-refractivity contribution in [1.29, 1.82) is 0 Å². The summed E-state index contributed by atoms with van der Waals surface area (Å²) >= 11 is 0. The van der Waals surface area contributed by atoms with Gasteiger partial charge in [-0.25, -0.2) is 4.79 Å². The lowest BCUT2D eigenvalue weighted by molar-refractivity contribution is -0.150. The van der Waals surface area contributed by atoms with Gasteiger partial charge in [-0.1, -0.05) is 6.07 Å². The SMILES string of the molecule is COc1cc(/C=C/C(=O)OCC2(O)COCC2O)ccc1O. The molecule has 3 N–H and O–H groups in total. The van der Waals surface area contributed by atoms with Gasteiger partial charge in [-0.2, -0.15) is 0 Å². The van der Waals surface area contributed by atoms with Gasteiger partial charge in [-0.15, -0.1) is 0 Å². The highest BCUT2D eigenvalue weighted by Crippen LogP contribution is 2.26. The fourth-order valence-corrected chi connectivity index (χ4v) is 1.94. The van der Waals surface area contributed by atoms with Gasteiger partial charge in [0.25, 0.3) is 0 Å². The van der Waals surface area contributed by atoms with E-state index in [-0.39, 0.29) is 31.3 Å². The molecule has 2 rings (SSSR count). The minimum Gasteiger partial charge on any atom is -0.504 e. The van der Waals surface area contributed by atoms with Gasteiger partial charge in [-0.3, -0.25) is 0 Å². The molecule has 1 aromatic rings. The number of methoxy groups -OCH3 is 1. The third-order valence-corrected chi connectivity index (χ3v) is 3.33. The average molecular weight is 310 g/mol. The second-order valence-corrected chi connectivity index (χ2v) is 5.01. The molecular weight excluding hydrogens is 292 g/mol. The number of benzene rings is 1. The molecule has 0 bridgehead atoms. The summed E-state index contributed by atoms with van der Waals surface area (Å²) in [6, 6.07) is 4.60. The van der Waals surface area contributed by atoms with Crippen LogP contribution in [-0.4, -0.2) is 59.9 Å². The third-order valence-electron chi connectivity index (χ3n) is 3.33. The van der Waals surface area contributed by atoms with Crippen LogP contribution in [0.25, 0.3) is 6.08 Å². The molecule has 1 heterocycles. The minimum atomic E-state index is -1.56. The molecule has 1 aliphatic heterocycles. The number of aliphatic hydroxyl groups is 2. The van der Waals surface area contributed by atoms with E-state index in [0.717, 1.165) is 0 Å². The zero-order valence-corrected chi connectivity index (χ0v) is 12.1. The molecule has 0 radical (unpaired) electrons. The summed E-state index contributed by atoms with van der Waals surface area (Å²) in [6.07, 6.45) is 1.58. The van der Waals surface area contributed by atoms with E-state index in [2.05, 4.69) is 0 Å². The predicted octanol–water partition coefficient (Wildman–Crippen LogP) is 0.0794. The number of esters is 1. The summed E-state index contributed by atoms with van der Waals surface area (Å²) in [5.74, 6) is -0.379. The number of hydrogen-bond acceptors (Lipinski definition) is 7. The van der Waals surface area contributed by atoms with Crippen LogP contribution < -0.4 is 4.74 Å². The summed E-state index contributed by atoms with van der Waals surface area (Å²) in [5, 5.41) is 29.0. The first-order valence-corrected chi connectivity index (χ1v) is 6.64. The fourth-order valence-electron chi connectivity index (χ4n) is 1.94. The lowest BCUT2D eigenvalue weighted by atomic mass is 10.0. The Hall–Kier alpha value is -2.09. The van der Waals surface area contributed by atoms with Crippen molar-refractivity contribution in [1.82, 2.24) is 0 Å². The van der Waals surface area contributed by atoms with Gasteiger partial charge >= 0.3 is 5.97 Å². The van der Waals surface area contributed by atoms with E-state index in [1.54, 1.807) is 12.1 Å². The highest BCUT2D eigenvalue weighted by Gasteiger charge is 2.42. The van der Waals surface area contributed by atoms with Gasteiger partial charge in [0, 0.05) is 6.08 Å². The molecule has 2 unspecified atom stereocenters. The van der Waals surface area contributed by atoms with Crippen LogP contribution >= 0.6 is 0 Å². The monoisotopic (exact) mass is 310 g/mol. The highest BCUT2D eigenvalue weighted by atomic mass is 16.6. The van der Waals surface area contributed by atoms with Crippen LogP contribution in [0.1, 0.15) is 5.56 Å². The molecule has 7 heteroatoms. The standard InChI is InChI=1S/C15H18O7/c1-20-12-6-10(2-4-11(12)16)3-5-14(18)22-9-15(19)8-21-7-13(15)17/h2-6,13,16-17,19H,7-9H2,1H3/b5-3+. The predicted molar refractivity (Wildman–Crippen MR) is 76.4 cm³/mol. The van der Waals surface area contributed by atoms with Crippen molar-refractivity contribution in [3.05, 3.63) is 29.8 Å². The van der Waals surface area contributed by atoms with Crippen molar-refractivity contribution in [2.75, 3.05) is 26.9 Å². The quantitative estimate of drug-likeness (QED) is 0.522. The molecule has 1 aliphatic rings. The molecule has 0 saturated carbocycles. The molecule has 0 spiro atoms. The van der Waals surface area contributed by atoms with Crippen LogP contribution in [0.4, 0.5) is 0 Å². The zero-order chi connectivity index (χ0) is 16.2. The smallest absolute Gasteiger partial charge is 0.330 e. The molecule has 0 aromatic heterocycles. The maximum Gasteiger partial charge on any atom is 0.330 e. The van der Waals surface area contributed by atoms with Crippen LogP contribution in [0.2, 0.25) is 0 Å². The van der Waals surface area contributed by atoms with Crippen LogP contribution in [0.15, 0.2) is 24.3 Å². The molecule has 22 heavy (non-hydrogen) atoms. The van der Waals surface area contributed by atoms with E-state index in [1.165, 1.54) is 25.3 Å². The van der Waals surface area contributed by atoms with Crippen LogP contribution in [0.3, 0.4) is 0 Å². The van der Waals surface area contributed by atoms with E-state index in [4.69, 9.17) is 14.2 Å². The average Bonchev–Trinajstić information content (AvgIpc) is 2.84. The van der Waals surface area contributed by atoms with Gasteiger partial charge in [0.05, 0.1) is 20.3 Å². The topological polar surface area (TPSA) is 105 Å². The number of phenolic OH excluding ortho intramolecular Hbond substituents is 1.